The molecule has 0 spiro atoms. The van der Waals surface area contributed by atoms with E-state index < -0.39 is 10.8 Å². The van der Waals surface area contributed by atoms with E-state index in [4.69, 9.17) is 9.72 Å². The number of nitrogens with zero attached hydrogens (tertiary/aromatic N) is 4. The first kappa shape index (κ1) is 53.2. The van der Waals surface area contributed by atoms with Crippen LogP contribution in [0.25, 0.3) is 27.6 Å². The van der Waals surface area contributed by atoms with E-state index in [0.29, 0.717) is 6.67 Å². The molecule has 390 valence electrons. The summed E-state index contributed by atoms with van der Waals surface area (Å²) in [5.74, 6) is 2.47. The van der Waals surface area contributed by atoms with Gasteiger partial charge in [-0.25, -0.2) is 4.98 Å². The van der Waals surface area contributed by atoms with Crippen LogP contribution < -0.4 is 14.5 Å². The minimum absolute atomic E-state index is 0.00647. The fourth-order valence-corrected chi connectivity index (χ4v) is 11.0. The Hall–Kier alpha value is -6.59. The quantitative estimate of drug-likeness (QED) is 0.144. The molecule has 0 fully saturated rings. The lowest BCUT2D eigenvalue weighted by molar-refractivity contribution is 0.479. The summed E-state index contributed by atoms with van der Waals surface area (Å²) < 4.78 is 9.59. The van der Waals surface area contributed by atoms with Gasteiger partial charge < -0.3 is 14.5 Å². The van der Waals surface area contributed by atoms with Crippen LogP contribution in [0.15, 0.2) is 163 Å². The van der Waals surface area contributed by atoms with E-state index in [9.17, 15) is 0 Å². The second kappa shape index (κ2) is 18.6. The average molecular weight is 997 g/mol. The molecule has 0 unspecified atom stereocenters. The molecule has 5 heteroatoms. The van der Waals surface area contributed by atoms with Crippen molar-refractivity contribution < 1.29 is 4.74 Å². The molecule has 0 N–H and O–H groups in total. The number of allylic oxidation sites excluding steroid dienone is 2. The highest BCUT2D eigenvalue weighted by Gasteiger charge is 2.47. The standard InChI is InChI=1S/C70H84N4O/c1-64(2,3)48-30-33-59-58(41-48)57-32-31-55(44-60(57)74(59)61-42-49(34-35-71-61)65(4,5)6)75-56-40-52(68(13,14)15)39-54(43-56)73-45-72(53-37-50(66(7,8)9)36-51(38-53)67(10,11)12)62(69(16,17)46-26-22-20-23-27-46)63(73)70(18,19)47-28-24-21-25-29-47/h20-44H,45H2,1-19H3. The fraction of sp³-hybridized carbons (Fsp3) is 0.386. The molecule has 6 aromatic carbocycles. The number of aromatic nitrogens is 2. The van der Waals surface area contributed by atoms with E-state index in [1.54, 1.807) is 0 Å². The van der Waals surface area contributed by atoms with Crippen LogP contribution >= 0.6 is 0 Å². The van der Waals surface area contributed by atoms with Gasteiger partial charge in [0.1, 0.15) is 17.3 Å². The number of hydrogen-bond acceptors (Lipinski definition) is 4. The Morgan fingerprint density at radius 3 is 1.32 bits per heavy atom. The van der Waals surface area contributed by atoms with Gasteiger partial charge in [0.15, 0.2) is 0 Å². The summed E-state index contributed by atoms with van der Waals surface area (Å²) >= 11 is 0. The van der Waals surface area contributed by atoms with Crippen molar-refractivity contribution >= 4 is 33.2 Å². The normalized spacial score (nSPS) is 14.4. The van der Waals surface area contributed by atoms with Crippen molar-refractivity contribution in [3.63, 3.8) is 0 Å². The molecular formula is C70H84N4O. The summed E-state index contributed by atoms with van der Waals surface area (Å²) in [7, 11) is 0. The number of benzene rings is 6. The highest BCUT2D eigenvalue weighted by molar-refractivity contribution is 6.09. The van der Waals surface area contributed by atoms with Gasteiger partial charge in [0, 0.05) is 51.3 Å². The van der Waals surface area contributed by atoms with E-state index in [1.165, 1.54) is 66.8 Å². The second-order valence-electron chi connectivity index (χ2n) is 27.7. The highest BCUT2D eigenvalue weighted by Crippen LogP contribution is 2.52. The zero-order valence-corrected chi connectivity index (χ0v) is 48.8. The molecule has 8 aromatic rings. The van der Waals surface area contributed by atoms with Crippen LogP contribution in [0.3, 0.4) is 0 Å². The third kappa shape index (κ3) is 10.3. The maximum Gasteiger partial charge on any atom is 0.137 e. The van der Waals surface area contributed by atoms with E-state index in [1.807, 2.05) is 6.20 Å². The Morgan fingerprint density at radius 2 is 0.827 bits per heavy atom. The van der Waals surface area contributed by atoms with Gasteiger partial charge in [-0.05, 0) is 127 Å². The Bertz CT molecular complexity index is 3410. The van der Waals surface area contributed by atoms with Crippen molar-refractivity contribution in [2.24, 2.45) is 0 Å². The lowest BCUT2D eigenvalue weighted by Crippen LogP contribution is -2.35. The first-order valence-corrected chi connectivity index (χ1v) is 27.3. The summed E-state index contributed by atoms with van der Waals surface area (Å²) in [4.78, 5) is 10.3. The predicted molar refractivity (Wildman–Crippen MR) is 321 cm³/mol. The molecule has 9 rings (SSSR count). The van der Waals surface area contributed by atoms with Gasteiger partial charge in [0.25, 0.3) is 0 Å². The lowest BCUT2D eigenvalue weighted by atomic mass is 9.73. The molecule has 0 aliphatic carbocycles. The van der Waals surface area contributed by atoms with Gasteiger partial charge in [-0.3, -0.25) is 4.57 Å². The second-order valence-corrected chi connectivity index (χ2v) is 27.7. The molecule has 2 aromatic heterocycles. The topological polar surface area (TPSA) is 33.5 Å². The number of rotatable bonds is 9. The summed E-state index contributed by atoms with van der Waals surface area (Å²) in [5, 5.41) is 2.38. The summed E-state index contributed by atoms with van der Waals surface area (Å²) in [5.41, 5.74) is 14.8. The van der Waals surface area contributed by atoms with Crippen molar-refractivity contribution in [3.05, 3.63) is 202 Å². The number of fused-ring (bicyclic) bond motifs is 3. The highest BCUT2D eigenvalue weighted by atomic mass is 16.5. The Balaban J connectivity index is 1.28. The number of anilines is 2. The molecule has 0 saturated carbocycles. The van der Waals surface area contributed by atoms with Crippen LogP contribution in [0.2, 0.25) is 0 Å². The monoisotopic (exact) mass is 997 g/mol. The van der Waals surface area contributed by atoms with Crippen molar-refractivity contribution in [1.82, 2.24) is 9.55 Å². The maximum absolute atomic E-state index is 7.26. The Morgan fingerprint density at radius 1 is 0.360 bits per heavy atom. The Labute approximate surface area is 450 Å². The minimum Gasteiger partial charge on any atom is -0.457 e. The smallest absolute Gasteiger partial charge is 0.137 e. The van der Waals surface area contributed by atoms with Crippen molar-refractivity contribution in [2.45, 2.75) is 169 Å². The lowest BCUT2D eigenvalue weighted by Gasteiger charge is -2.39. The van der Waals surface area contributed by atoms with Crippen LogP contribution in [0, 0.1) is 0 Å². The number of hydrogen-bond donors (Lipinski definition) is 0. The predicted octanol–water partition coefficient (Wildman–Crippen LogP) is 18.9. The SMILES string of the molecule is CC(C)(C)c1cc(Oc2ccc3c4cc(C(C)(C)C)ccc4n(-c4cc(C(C)(C)C)ccn4)c3c2)cc(N2CN(c3cc(C(C)(C)C)cc(C(C)(C)C)c3)C(C(C)(C)c3ccccc3)=C2C(C)(C)c2ccccc2)c1. The third-order valence-electron chi connectivity index (χ3n) is 15.9. The van der Waals surface area contributed by atoms with Crippen LogP contribution in [-0.2, 0) is 37.9 Å². The van der Waals surface area contributed by atoms with Gasteiger partial charge in [0.2, 0.25) is 0 Å². The molecule has 0 bridgehead atoms. The van der Waals surface area contributed by atoms with E-state index in [-0.39, 0.29) is 27.1 Å². The van der Waals surface area contributed by atoms with Gasteiger partial charge >= 0.3 is 0 Å². The van der Waals surface area contributed by atoms with Gasteiger partial charge in [0.05, 0.1) is 29.1 Å². The first-order chi connectivity index (χ1) is 34.8. The van der Waals surface area contributed by atoms with Crippen molar-refractivity contribution in [3.8, 4) is 17.3 Å². The minimum atomic E-state index is -0.436. The summed E-state index contributed by atoms with van der Waals surface area (Å²) in [6.07, 6.45) is 1.95. The summed E-state index contributed by atoms with van der Waals surface area (Å²) in [6, 6.07) is 54.4. The fourth-order valence-electron chi connectivity index (χ4n) is 11.0. The third-order valence-corrected chi connectivity index (χ3v) is 15.9. The molecular weight excluding hydrogens is 913 g/mol. The van der Waals surface area contributed by atoms with E-state index in [2.05, 4.69) is 292 Å². The Kier molecular flexibility index (Phi) is 13.2. The largest absolute Gasteiger partial charge is 0.457 e. The first-order valence-electron chi connectivity index (χ1n) is 27.3. The van der Waals surface area contributed by atoms with Gasteiger partial charge in [-0.2, -0.15) is 0 Å². The number of pyridine rings is 1. The molecule has 75 heavy (non-hydrogen) atoms. The zero-order valence-electron chi connectivity index (χ0n) is 48.8. The van der Waals surface area contributed by atoms with E-state index >= 15 is 0 Å². The molecule has 0 amide bonds. The van der Waals surface area contributed by atoms with Crippen LogP contribution in [0.1, 0.15) is 170 Å². The van der Waals surface area contributed by atoms with Crippen LogP contribution in [0.5, 0.6) is 11.5 Å². The van der Waals surface area contributed by atoms with Crippen LogP contribution in [0.4, 0.5) is 11.4 Å². The van der Waals surface area contributed by atoms with E-state index in [0.717, 1.165) is 34.0 Å². The molecule has 5 nitrogen and oxygen atoms in total. The van der Waals surface area contributed by atoms with Crippen molar-refractivity contribution in [2.75, 3.05) is 16.5 Å². The van der Waals surface area contributed by atoms with Crippen molar-refractivity contribution in [1.29, 1.82) is 0 Å². The number of ether oxygens (including phenoxy) is 1. The zero-order chi connectivity index (χ0) is 54.4. The molecule has 1 aliphatic heterocycles. The van der Waals surface area contributed by atoms with Crippen LogP contribution in [-0.4, -0.2) is 16.2 Å². The average Bonchev–Trinajstić information content (AvgIpc) is 3.91. The van der Waals surface area contributed by atoms with Gasteiger partial charge in [-0.15, -0.1) is 0 Å². The molecule has 0 radical (unpaired) electrons. The molecule has 3 heterocycles. The van der Waals surface area contributed by atoms with Gasteiger partial charge in [-0.1, -0.05) is 204 Å². The maximum atomic E-state index is 7.26. The molecule has 0 saturated heterocycles. The molecule has 0 atom stereocenters. The summed E-state index contributed by atoms with van der Waals surface area (Å²) in [6.45, 7) is 44.9. The molecule has 1 aliphatic rings.